The van der Waals surface area contributed by atoms with Crippen LogP contribution in [0.3, 0.4) is 0 Å². The van der Waals surface area contributed by atoms with E-state index >= 15 is 0 Å². The van der Waals surface area contributed by atoms with E-state index in [1.54, 1.807) is 11.8 Å². The number of carbonyl (C=O) groups is 1. The highest BCUT2D eigenvalue weighted by atomic mass is 32.2. The second kappa shape index (κ2) is 15.0. The second-order valence-corrected chi connectivity index (χ2v) is 7.13. The highest BCUT2D eigenvalue weighted by Gasteiger charge is 2.13. The van der Waals surface area contributed by atoms with Crippen LogP contribution in [0.2, 0.25) is 0 Å². The van der Waals surface area contributed by atoms with Crippen molar-refractivity contribution in [2.75, 3.05) is 65.2 Å². The molecule has 0 aromatic heterocycles. The topological polar surface area (TPSA) is 63.2 Å². The fourth-order valence-corrected chi connectivity index (χ4v) is 3.26. The van der Waals surface area contributed by atoms with E-state index < -0.39 is 0 Å². The number of carbonyl (C=O) groups excluding carboxylic acids is 1. The lowest BCUT2D eigenvalue weighted by Crippen LogP contribution is -2.24. The van der Waals surface area contributed by atoms with Crippen LogP contribution in [-0.4, -0.2) is 77.1 Å². The second-order valence-electron chi connectivity index (χ2n) is 6.08. The molecular formula is C20H30O6S. The molecule has 0 N–H and O–H groups in total. The van der Waals surface area contributed by atoms with Crippen molar-refractivity contribution < 1.29 is 28.5 Å². The Kier molecular flexibility index (Phi) is 12.4. The van der Waals surface area contributed by atoms with Gasteiger partial charge < -0.3 is 23.7 Å². The number of benzene rings is 1. The van der Waals surface area contributed by atoms with Crippen molar-refractivity contribution in [2.24, 2.45) is 0 Å². The van der Waals surface area contributed by atoms with Gasteiger partial charge in [0.15, 0.2) is 0 Å². The van der Waals surface area contributed by atoms with Gasteiger partial charge in [0.05, 0.1) is 71.3 Å². The molecule has 0 amide bonds. The maximum Gasteiger partial charge on any atom is 0.143 e. The molecule has 1 aliphatic rings. The van der Waals surface area contributed by atoms with Gasteiger partial charge in [0, 0.05) is 11.3 Å². The molecule has 27 heavy (non-hydrogen) atoms. The van der Waals surface area contributed by atoms with E-state index in [1.807, 2.05) is 30.3 Å². The van der Waals surface area contributed by atoms with Crippen LogP contribution in [-0.2, 0) is 28.5 Å². The van der Waals surface area contributed by atoms with E-state index in [1.165, 1.54) is 0 Å². The summed E-state index contributed by atoms with van der Waals surface area (Å²) in [4.78, 5) is 13.3. The summed E-state index contributed by atoms with van der Waals surface area (Å²) < 4.78 is 27.8. The maximum absolute atomic E-state index is 12.2. The fourth-order valence-electron chi connectivity index (χ4n) is 2.44. The molecule has 0 spiro atoms. The zero-order valence-electron chi connectivity index (χ0n) is 15.8. The third-order valence-electron chi connectivity index (χ3n) is 3.89. The highest BCUT2D eigenvalue weighted by Crippen LogP contribution is 2.18. The fraction of sp³-hybridized carbons (Fsp3) is 0.650. The molecule has 1 heterocycles. The quantitative estimate of drug-likeness (QED) is 0.683. The lowest BCUT2D eigenvalue weighted by atomic mass is 10.1. The standard InChI is InChI=1S/C20H30O6S/c21-18(17-27-20-4-2-1-3-5-20)6-7-19-16-25-13-12-23-9-8-22-10-11-24-14-15-26-19/h1-5,19H,6-17H2. The average molecular weight is 399 g/mol. The Morgan fingerprint density at radius 2 is 1.44 bits per heavy atom. The summed E-state index contributed by atoms with van der Waals surface area (Å²) in [7, 11) is 0. The number of ether oxygens (including phenoxy) is 5. The van der Waals surface area contributed by atoms with Crippen molar-refractivity contribution in [2.45, 2.75) is 23.8 Å². The molecule has 1 fully saturated rings. The summed E-state index contributed by atoms with van der Waals surface area (Å²) in [5.74, 6) is 0.703. The summed E-state index contributed by atoms with van der Waals surface area (Å²) in [5, 5.41) is 0. The molecule has 7 heteroatoms. The van der Waals surface area contributed by atoms with Crippen LogP contribution in [0.5, 0.6) is 0 Å². The lowest BCUT2D eigenvalue weighted by molar-refractivity contribution is -0.118. The molecular weight excluding hydrogens is 368 g/mol. The predicted octanol–water partition coefficient (Wildman–Crippen LogP) is 2.59. The Hall–Kier alpha value is -0.960. The van der Waals surface area contributed by atoms with Crippen molar-refractivity contribution in [3.05, 3.63) is 30.3 Å². The molecule has 1 atom stereocenters. The van der Waals surface area contributed by atoms with Gasteiger partial charge >= 0.3 is 0 Å². The summed E-state index contributed by atoms with van der Waals surface area (Å²) in [6.07, 6.45) is 1.03. The van der Waals surface area contributed by atoms with Crippen LogP contribution in [0.4, 0.5) is 0 Å². The van der Waals surface area contributed by atoms with E-state index in [4.69, 9.17) is 23.7 Å². The normalized spacial score (nSPS) is 21.1. The number of rotatable bonds is 6. The van der Waals surface area contributed by atoms with E-state index in [0.717, 1.165) is 4.90 Å². The summed E-state index contributed by atoms with van der Waals surface area (Å²) >= 11 is 1.57. The van der Waals surface area contributed by atoms with Gasteiger partial charge in [-0.2, -0.15) is 0 Å². The van der Waals surface area contributed by atoms with Crippen molar-refractivity contribution >= 4 is 17.5 Å². The molecule has 152 valence electrons. The van der Waals surface area contributed by atoms with Crippen molar-refractivity contribution in [1.29, 1.82) is 0 Å². The van der Waals surface area contributed by atoms with Gasteiger partial charge in [-0.15, -0.1) is 11.8 Å². The van der Waals surface area contributed by atoms with Crippen LogP contribution in [0.25, 0.3) is 0 Å². The minimum Gasteiger partial charge on any atom is -0.377 e. The molecule has 6 nitrogen and oxygen atoms in total. The molecule has 1 unspecified atom stereocenters. The molecule has 1 aromatic rings. The minimum absolute atomic E-state index is 0.111. The Morgan fingerprint density at radius 3 is 2.11 bits per heavy atom. The summed E-state index contributed by atoms with van der Waals surface area (Å²) in [5.41, 5.74) is 0. The van der Waals surface area contributed by atoms with Crippen molar-refractivity contribution in [3.63, 3.8) is 0 Å². The molecule has 0 bridgehead atoms. The first kappa shape index (κ1) is 22.3. The zero-order valence-corrected chi connectivity index (χ0v) is 16.6. The molecule has 1 saturated heterocycles. The minimum atomic E-state index is -0.111. The van der Waals surface area contributed by atoms with Crippen LogP contribution in [0.1, 0.15) is 12.8 Å². The van der Waals surface area contributed by atoms with E-state index in [9.17, 15) is 4.79 Å². The third kappa shape index (κ3) is 11.5. The Bertz CT molecular complexity index is 483. The van der Waals surface area contributed by atoms with Gasteiger partial charge in [-0.25, -0.2) is 0 Å². The Labute approximate surface area is 165 Å². The van der Waals surface area contributed by atoms with Crippen molar-refractivity contribution in [3.8, 4) is 0 Å². The van der Waals surface area contributed by atoms with Gasteiger partial charge in [0.1, 0.15) is 5.78 Å². The lowest BCUT2D eigenvalue weighted by Gasteiger charge is -2.18. The molecule has 0 aliphatic carbocycles. The number of thioether (sulfide) groups is 1. The number of hydrogen-bond acceptors (Lipinski definition) is 7. The summed E-state index contributed by atoms with van der Waals surface area (Å²) in [6, 6.07) is 9.96. The van der Waals surface area contributed by atoms with E-state index in [2.05, 4.69) is 0 Å². The number of Topliss-reactive ketones (excluding diaryl/α,β-unsaturated/α-hetero) is 1. The van der Waals surface area contributed by atoms with E-state index in [0.29, 0.717) is 78.1 Å². The third-order valence-corrected chi connectivity index (χ3v) is 4.96. The molecule has 1 aliphatic heterocycles. The number of hydrogen-bond donors (Lipinski definition) is 0. The molecule has 2 rings (SSSR count). The molecule has 1 aromatic carbocycles. The average Bonchev–Trinajstić information content (AvgIpc) is 2.71. The number of ketones is 1. The van der Waals surface area contributed by atoms with Gasteiger partial charge in [-0.05, 0) is 18.6 Å². The highest BCUT2D eigenvalue weighted by molar-refractivity contribution is 8.00. The largest absolute Gasteiger partial charge is 0.377 e. The maximum atomic E-state index is 12.2. The monoisotopic (exact) mass is 398 g/mol. The summed E-state index contributed by atoms with van der Waals surface area (Å²) in [6.45, 7) is 4.69. The van der Waals surface area contributed by atoms with Gasteiger partial charge in [0.25, 0.3) is 0 Å². The Morgan fingerprint density at radius 1 is 0.852 bits per heavy atom. The zero-order chi connectivity index (χ0) is 19.0. The van der Waals surface area contributed by atoms with Gasteiger partial charge in [-0.3, -0.25) is 4.79 Å². The SMILES string of the molecule is O=C(CCC1COCCOCCOCCOCCO1)CSc1ccccc1. The van der Waals surface area contributed by atoms with Crippen LogP contribution >= 0.6 is 11.8 Å². The van der Waals surface area contributed by atoms with Crippen LogP contribution in [0.15, 0.2) is 35.2 Å². The van der Waals surface area contributed by atoms with Crippen LogP contribution in [0, 0.1) is 0 Å². The molecule has 0 radical (unpaired) electrons. The van der Waals surface area contributed by atoms with Gasteiger partial charge in [0.2, 0.25) is 0 Å². The van der Waals surface area contributed by atoms with Crippen molar-refractivity contribution in [1.82, 2.24) is 0 Å². The smallest absolute Gasteiger partial charge is 0.143 e. The van der Waals surface area contributed by atoms with E-state index in [-0.39, 0.29) is 11.9 Å². The first-order valence-electron chi connectivity index (χ1n) is 9.46. The van der Waals surface area contributed by atoms with Gasteiger partial charge in [-0.1, -0.05) is 18.2 Å². The molecule has 0 saturated carbocycles. The first-order chi connectivity index (χ1) is 13.3. The Balaban J connectivity index is 1.67. The predicted molar refractivity (Wildman–Crippen MR) is 104 cm³/mol. The first-order valence-corrected chi connectivity index (χ1v) is 10.5. The van der Waals surface area contributed by atoms with Crippen LogP contribution < -0.4 is 0 Å².